The van der Waals surface area contributed by atoms with Crippen molar-refractivity contribution in [1.29, 1.82) is 0 Å². The van der Waals surface area contributed by atoms with E-state index in [2.05, 4.69) is 15.4 Å². The first kappa shape index (κ1) is 27.7. The van der Waals surface area contributed by atoms with Crippen LogP contribution in [0.2, 0.25) is 0 Å². The number of amides is 1. The van der Waals surface area contributed by atoms with E-state index < -0.39 is 48.3 Å². The van der Waals surface area contributed by atoms with Gasteiger partial charge in [-0.25, -0.2) is 22.5 Å². The van der Waals surface area contributed by atoms with Crippen LogP contribution in [0.4, 0.5) is 29.1 Å². The van der Waals surface area contributed by atoms with Gasteiger partial charge in [-0.1, -0.05) is 29.4 Å². The topological polar surface area (TPSA) is 89.8 Å². The number of rotatable bonds is 7. The summed E-state index contributed by atoms with van der Waals surface area (Å²) in [5, 5.41) is 22.6. The molecule has 224 valence electrons. The molecular formula is C30H29F4N7O2. The van der Waals surface area contributed by atoms with Gasteiger partial charge in [-0.2, -0.15) is 5.10 Å². The normalized spacial score (nSPS) is 23.3. The lowest BCUT2D eigenvalue weighted by molar-refractivity contribution is -0.164. The molecule has 2 aliphatic carbocycles. The van der Waals surface area contributed by atoms with E-state index in [9.17, 15) is 27.6 Å². The van der Waals surface area contributed by atoms with E-state index in [0.717, 1.165) is 28.9 Å². The van der Waals surface area contributed by atoms with E-state index in [4.69, 9.17) is 0 Å². The standard InChI is InChI=1S/C30H29F4N7O2/c1-38-25-9-11-35-28(23(25)17-36-38)39-26(6-7-27(39)42)41(43)40(22-13-19(31)12-20(32)14-22)30(37-21-15-29(33,34)16-21)10-8-18-4-2-3-5-24(18)30/h2-5,9,11-14,17,21,26,37,43H,6-8,10,15-16H2,1H3/t26-,30+/m1/s1. The lowest BCUT2D eigenvalue weighted by Crippen LogP contribution is -2.68. The molecule has 0 bridgehead atoms. The van der Waals surface area contributed by atoms with Gasteiger partial charge in [-0.3, -0.25) is 29.9 Å². The zero-order chi connectivity index (χ0) is 30.1. The maximum absolute atomic E-state index is 14.8. The van der Waals surface area contributed by atoms with Crippen LogP contribution in [0, 0.1) is 11.6 Å². The van der Waals surface area contributed by atoms with Gasteiger partial charge in [0.1, 0.15) is 29.3 Å². The lowest BCUT2D eigenvalue weighted by atomic mass is 9.85. The molecule has 2 fully saturated rings. The highest BCUT2D eigenvalue weighted by molar-refractivity contribution is 6.02. The van der Waals surface area contributed by atoms with Crippen LogP contribution >= 0.6 is 0 Å². The Balaban J connectivity index is 1.38. The molecule has 0 unspecified atom stereocenters. The molecule has 9 nitrogen and oxygen atoms in total. The average Bonchev–Trinajstić information content (AvgIpc) is 3.63. The van der Waals surface area contributed by atoms with E-state index in [1.165, 1.54) is 16.1 Å². The molecule has 2 atom stereocenters. The summed E-state index contributed by atoms with van der Waals surface area (Å²) in [4.78, 5) is 19.2. The number of hydrazine groups is 1. The van der Waals surface area contributed by atoms with Crippen molar-refractivity contribution in [2.45, 2.75) is 62.3 Å². The van der Waals surface area contributed by atoms with E-state index in [1.54, 1.807) is 30.1 Å². The zero-order valence-corrected chi connectivity index (χ0v) is 23.2. The number of aryl methyl sites for hydroxylation is 2. The Labute approximate surface area is 244 Å². The number of benzene rings is 2. The molecule has 0 radical (unpaired) electrons. The molecule has 43 heavy (non-hydrogen) atoms. The van der Waals surface area contributed by atoms with Crippen molar-refractivity contribution in [2.24, 2.45) is 7.05 Å². The van der Waals surface area contributed by atoms with Crippen LogP contribution in [-0.2, 0) is 23.9 Å². The molecule has 1 saturated carbocycles. The van der Waals surface area contributed by atoms with Crippen LogP contribution in [0.3, 0.4) is 0 Å². The number of alkyl halides is 2. The predicted molar refractivity (Wildman–Crippen MR) is 149 cm³/mol. The molecule has 4 aromatic rings. The highest BCUT2D eigenvalue weighted by Gasteiger charge is 2.55. The number of hydroxylamine groups is 1. The van der Waals surface area contributed by atoms with Crippen molar-refractivity contribution in [3.8, 4) is 0 Å². The van der Waals surface area contributed by atoms with Crippen LogP contribution in [0.5, 0.6) is 0 Å². The van der Waals surface area contributed by atoms with Crippen molar-refractivity contribution in [3.63, 3.8) is 0 Å². The molecule has 3 heterocycles. The second kappa shape index (κ2) is 10.00. The average molecular weight is 596 g/mol. The van der Waals surface area contributed by atoms with Gasteiger partial charge in [0.15, 0.2) is 0 Å². The van der Waals surface area contributed by atoms with Gasteiger partial charge >= 0.3 is 0 Å². The van der Waals surface area contributed by atoms with Crippen molar-refractivity contribution in [1.82, 2.24) is 25.3 Å². The monoisotopic (exact) mass is 595 g/mol. The van der Waals surface area contributed by atoms with E-state index >= 15 is 0 Å². The smallest absolute Gasteiger partial charge is 0.251 e. The van der Waals surface area contributed by atoms with Gasteiger partial charge in [0, 0.05) is 44.6 Å². The molecule has 1 amide bonds. The Morgan fingerprint density at radius 2 is 1.81 bits per heavy atom. The number of pyridine rings is 1. The highest BCUT2D eigenvalue weighted by Crippen LogP contribution is 2.48. The predicted octanol–water partition coefficient (Wildman–Crippen LogP) is 5.00. The first-order valence-electron chi connectivity index (χ1n) is 14.1. The summed E-state index contributed by atoms with van der Waals surface area (Å²) in [6.07, 6.45) is 2.25. The molecular weight excluding hydrogens is 566 g/mol. The molecule has 0 spiro atoms. The Bertz CT molecular complexity index is 1700. The minimum Gasteiger partial charge on any atom is -0.293 e. The van der Waals surface area contributed by atoms with E-state index in [0.29, 0.717) is 29.3 Å². The molecule has 2 aromatic heterocycles. The fraction of sp³-hybridized carbons (Fsp3) is 0.367. The van der Waals surface area contributed by atoms with Crippen LogP contribution in [-0.4, -0.2) is 49.2 Å². The molecule has 3 aliphatic rings. The third-order valence-corrected chi connectivity index (χ3v) is 8.74. The number of aromatic nitrogens is 3. The van der Waals surface area contributed by atoms with Gasteiger partial charge < -0.3 is 0 Å². The third kappa shape index (κ3) is 4.53. The number of fused-ring (bicyclic) bond motifs is 2. The maximum atomic E-state index is 14.8. The van der Waals surface area contributed by atoms with Gasteiger partial charge in [-0.15, -0.1) is 0 Å². The number of hydrogen-bond acceptors (Lipinski definition) is 7. The molecule has 1 aliphatic heterocycles. The first-order chi connectivity index (χ1) is 20.6. The number of anilines is 2. The number of carbonyl (C=O) groups is 1. The van der Waals surface area contributed by atoms with Crippen LogP contribution in [0.25, 0.3) is 10.9 Å². The Morgan fingerprint density at radius 1 is 1.07 bits per heavy atom. The molecule has 7 rings (SSSR count). The summed E-state index contributed by atoms with van der Waals surface area (Å²) < 4.78 is 59.3. The van der Waals surface area contributed by atoms with Gasteiger partial charge in [-0.05, 0) is 48.6 Å². The largest absolute Gasteiger partial charge is 0.293 e. The zero-order valence-electron chi connectivity index (χ0n) is 23.2. The molecule has 2 aromatic carbocycles. The lowest BCUT2D eigenvalue weighted by Gasteiger charge is -2.52. The molecule has 1 saturated heterocycles. The minimum absolute atomic E-state index is 0.0536. The fourth-order valence-electron chi connectivity index (χ4n) is 6.84. The summed E-state index contributed by atoms with van der Waals surface area (Å²) in [5.74, 6) is -4.65. The summed E-state index contributed by atoms with van der Waals surface area (Å²) in [5.41, 5.74) is 0.861. The number of carbonyl (C=O) groups excluding carboxylic acids is 1. The van der Waals surface area contributed by atoms with Gasteiger partial charge in [0.05, 0.1) is 22.8 Å². The van der Waals surface area contributed by atoms with Crippen LogP contribution in [0.15, 0.2) is 60.9 Å². The quantitative estimate of drug-likeness (QED) is 0.177. The maximum Gasteiger partial charge on any atom is 0.251 e. The number of halogens is 4. The van der Waals surface area contributed by atoms with E-state index in [-0.39, 0.29) is 30.3 Å². The van der Waals surface area contributed by atoms with Crippen molar-refractivity contribution in [3.05, 3.63) is 83.7 Å². The molecule has 2 N–H and O–H groups in total. The first-order valence-corrected chi connectivity index (χ1v) is 14.1. The van der Waals surface area contributed by atoms with Gasteiger partial charge in [0.25, 0.3) is 5.92 Å². The Kier molecular flexibility index (Phi) is 6.45. The third-order valence-electron chi connectivity index (χ3n) is 8.74. The van der Waals surface area contributed by atoms with Crippen molar-refractivity contribution < 1.29 is 27.6 Å². The fourth-order valence-corrected chi connectivity index (χ4v) is 6.84. The summed E-state index contributed by atoms with van der Waals surface area (Å²) in [6, 6.07) is 11.4. The SMILES string of the molecule is Cn1ncc2c(N3C(=O)CC[C@H]3N(O)N(c3cc(F)cc(F)c3)[C@@]3(NC4CC(F)(F)C4)CCc4ccccc43)nccc21. The molecule has 13 heteroatoms. The number of nitrogens with one attached hydrogen (secondary N) is 1. The Morgan fingerprint density at radius 3 is 2.56 bits per heavy atom. The summed E-state index contributed by atoms with van der Waals surface area (Å²) in [7, 11) is 1.75. The minimum atomic E-state index is -2.84. The second-order valence-electron chi connectivity index (χ2n) is 11.5. The van der Waals surface area contributed by atoms with Crippen LogP contribution < -0.4 is 15.2 Å². The summed E-state index contributed by atoms with van der Waals surface area (Å²) >= 11 is 0. The number of nitrogens with zero attached hydrogens (tertiary/aromatic N) is 6. The van der Waals surface area contributed by atoms with Crippen molar-refractivity contribution in [2.75, 3.05) is 9.91 Å². The van der Waals surface area contributed by atoms with Crippen molar-refractivity contribution >= 4 is 28.3 Å². The van der Waals surface area contributed by atoms with Crippen LogP contribution in [0.1, 0.15) is 43.2 Å². The number of hydrogen-bond donors (Lipinski definition) is 2. The van der Waals surface area contributed by atoms with Gasteiger partial charge in [0.2, 0.25) is 5.91 Å². The second-order valence-corrected chi connectivity index (χ2v) is 11.5. The summed E-state index contributed by atoms with van der Waals surface area (Å²) in [6.45, 7) is 0. The Hall–Kier alpha value is -4.07. The highest BCUT2D eigenvalue weighted by atomic mass is 19.3. The van der Waals surface area contributed by atoms with E-state index in [1.807, 2.05) is 18.2 Å².